The van der Waals surface area contributed by atoms with Gasteiger partial charge in [-0.25, -0.2) is 0 Å². The van der Waals surface area contributed by atoms with Crippen molar-refractivity contribution in [1.82, 2.24) is 0 Å². The minimum atomic E-state index is -0.522. The zero-order valence-electron chi connectivity index (χ0n) is 6.36. The Morgan fingerprint density at radius 2 is 2.15 bits per heavy atom. The second-order valence-corrected chi connectivity index (χ2v) is 2.47. The van der Waals surface area contributed by atoms with Crippen LogP contribution in [0.1, 0.15) is 0 Å². The van der Waals surface area contributed by atoms with Gasteiger partial charge in [-0.1, -0.05) is 11.6 Å². The highest BCUT2D eigenvalue weighted by molar-refractivity contribution is 6.33. The van der Waals surface area contributed by atoms with Gasteiger partial charge in [0.05, 0.1) is 15.6 Å². The average Bonchev–Trinajstić information content (AvgIpc) is 2.04. The Morgan fingerprint density at radius 1 is 1.54 bits per heavy atom. The van der Waals surface area contributed by atoms with Crippen LogP contribution in [0, 0.1) is 10.1 Å². The summed E-state index contributed by atoms with van der Waals surface area (Å²) in [6.07, 6.45) is 0. The first kappa shape index (κ1) is 12.0. The molecule has 3 N–H and O–H groups in total. The number of nitrogens with one attached hydrogen (secondary N) is 1. The minimum Gasteiger partial charge on any atom is -0.323 e. The van der Waals surface area contributed by atoms with Gasteiger partial charge in [0, 0.05) is 12.1 Å². The summed E-state index contributed by atoms with van der Waals surface area (Å²) in [5.74, 6) is 5.07. The number of nitrogen functional groups attached to an aromatic ring is 1. The number of hydrogen-bond acceptors (Lipinski definition) is 4. The monoisotopic (exact) mass is 223 g/mol. The number of nitrogens with two attached hydrogens (primary N) is 1. The van der Waals surface area contributed by atoms with E-state index in [1.165, 1.54) is 18.2 Å². The first-order valence-electron chi connectivity index (χ1n) is 3.05. The molecule has 0 aliphatic heterocycles. The van der Waals surface area contributed by atoms with E-state index in [9.17, 15) is 10.1 Å². The van der Waals surface area contributed by atoms with Crippen LogP contribution in [-0.2, 0) is 0 Å². The number of hydrazine groups is 1. The predicted molar refractivity (Wildman–Crippen MR) is 53.2 cm³/mol. The number of nitrogens with zero attached hydrogens (tertiary/aromatic N) is 1. The van der Waals surface area contributed by atoms with Gasteiger partial charge in [-0.3, -0.25) is 16.0 Å². The highest BCUT2D eigenvalue weighted by atomic mass is 35.5. The summed E-state index contributed by atoms with van der Waals surface area (Å²) >= 11 is 5.63. The van der Waals surface area contributed by atoms with Crippen molar-refractivity contribution in [3.8, 4) is 0 Å². The van der Waals surface area contributed by atoms with E-state index in [4.69, 9.17) is 17.4 Å². The molecule has 13 heavy (non-hydrogen) atoms. The molecule has 0 saturated carbocycles. The lowest BCUT2D eigenvalue weighted by atomic mass is 10.3. The summed E-state index contributed by atoms with van der Waals surface area (Å²) in [4.78, 5) is 9.73. The summed E-state index contributed by atoms with van der Waals surface area (Å²) < 4.78 is 0. The molecule has 0 amide bonds. The molecule has 5 nitrogen and oxygen atoms in total. The third kappa shape index (κ3) is 2.73. The van der Waals surface area contributed by atoms with E-state index in [2.05, 4.69) is 5.43 Å². The van der Waals surface area contributed by atoms with Crippen molar-refractivity contribution >= 4 is 35.4 Å². The summed E-state index contributed by atoms with van der Waals surface area (Å²) in [5, 5.41) is 10.5. The molecule has 72 valence electrons. The number of rotatable bonds is 2. The van der Waals surface area contributed by atoms with Gasteiger partial charge in [-0.2, -0.15) is 0 Å². The lowest BCUT2D eigenvalue weighted by Gasteiger charge is -2.00. The molecule has 0 fully saturated rings. The van der Waals surface area contributed by atoms with Crippen LogP contribution in [0.3, 0.4) is 0 Å². The van der Waals surface area contributed by atoms with Crippen LogP contribution >= 0.6 is 24.0 Å². The minimum absolute atomic E-state index is 0. The van der Waals surface area contributed by atoms with Gasteiger partial charge in [-0.15, -0.1) is 12.4 Å². The number of nitro groups is 1. The van der Waals surface area contributed by atoms with Gasteiger partial charge in [0.1, 0.15) is 0 Å². The molecule has 1 rings (SSSR count). The maximum Gasteiger partial charge on any atom is 0.271 e. The smallest absolute Gasteiger partial charge is 0.271 e. The van der Waals surface area contributed by atoms with Crippen molar-refractivity contribution < 1.29 is 4.92 Å². The first-order chi connectivity index (χ1) is 5.65. The van der Waals surface area contributed by atoms with E-state index in [0.29, 0.717) is 5.69 Å². The fourth-order valence-corrected chi connectivity index (χ4v) is 0.964. The molecule has 0 bridgehead atoms. The van der Waals surface area contributed by atoms with Crippen LogP contribution in [0.25, 0.3) is 0 Å². The number of non-ortho nitro benzene ring substituents is 1. The van der Waals surface area contributed by atoms with Crippen molar-refractivity contribution in [3.05, 3.63) is 33.3 Å². The van der Waals surface area contributed by atoms with Gasteiger partial charge < -0.3 is 5.43 Å². The van der Waals surface area contributed by atoms with Crippen molar-refractivity contribution in [3.63, 3.8) is 0 Å². The maximum absolute atomic E-state index is 10.2. The summed E-state index contributed by atoms with van der Waals surface area (Å²) in [7, 11) is 0. The molecule has 0 spiro atoms. The molecule has 7 heteroatoms. The molecule has 0 radical (unpaired) electrons. The van der Waals surface area contributed by atoms with Crippen LogP contribution < -0.4 is 11.3 Å². The molecule has 0 unspecified atom stereocenters. The Morgan fingerprint density at radius 3 is 2.54 bits per heavy atom. The van der Waals surface area contributed by atoms with Gasteiger partial charge in [-0.05, 0) is 6.07 Å². The standard InChI is InChI=1S/C6H6ClN3O2.ClH/c7-5-3-4(10(11)12)1-2-6(5)9-8;/h1-3,9H,8H2;1H. The molecule has 0 aliphatic rings. The summed E-state index contributed by atoms with van der Waals surface area (Å²) in [6, 6.07) is 4.00. The molecule has 0 heterocycles. The van der Waals surface area contributed by atoms with Crippen LogP contribution in [0.4, 0.5) is 11.4 Å². The van der Waals surface area contributed by atoms with E-state index < -0.39 is 4.92 Å². The molecule has 0 aromatic heterocycles. The normalized spacial score (nSPS) is 8.77. The third-order valence-electron chi connectivity index (χ3n) is 1.32. The van der Waals surface area contributed by atoms with E-state index in [1.54, 1.807) is 0 Å². The molecule has 0 atom stereocenters. The second-order valence-electron chi connectivity index (χ2n) is 2.07. The van der Waals surface area contributed by atoms with Crippen LogP contribution in [-0.4, -0.2) is 4.92 Å². The molecule has 1 aromatic carbocycles. The number of nitro benzene ring substituents is 1. The highest BCUT2D eigenvalue weighted by Crippen LogP contribution is 2.25. The highest BCUT2D eigenvalue weighted by Gasteiger charge is 2.07. The fraction of sp³-hybridized carbons (Fsp3) is 0. The SMILES string of the molecule is Cl.NNc1ccc([N+](=O)[O-])cc1Cl. The van der Waals surface area contributed by atoms with Crippen LogP contribution in [0.15, 0.2) is 18.2 Å². The number of anilines is 1. The first-order valence-corrected chi connectivity index (χ1v) is 3.43. The van der Waals surface area contributed by atoms with Gasteiger partial charge in [0.2, 0.25) is 0 Å². The summed E-state index contributed by atoms with van der Waals surface area (Å²) in [5.41, 5.74) is 2.71. The van der Waals surface area contributed by atoms with Gasteiger partial charge >= 0.3 is 0 Å². The predicted octanol–water partition coefficient (Wildman–Crippen LogP) is 1.96. The third-order valence-corrected chi connectivity index (χ3v) is 1.63. The van der Waals surface area contributed by atoms with Crippen molar-refractivity contribution in [2.45, 2.75) is 0 Å². The van der Waals surface area contributed by atoms with Crippen LogP contribution in [0.5, 0.6) is 0 Å². The quantitative estimate of drug-likeness (QED) is 0.457. The van der Waals surface area contributed by atoms with Gasteiger partial charge in [0.25, 0.3) is 5.69 Å². The zero-order chi connectivity index (χ0) is 9.14. The molecular formula is C6H7Cl2N3O2. The number of hydrogen-bond donors (Lipinski definition) is 2. The Bertz CT molecular complexity index is 319. The van der Waals surface area contributed by atoms with E-state index in [0.717, 1.165) is 0 Å². The maximum atomic E-state index is 10.2. The Labute approximate surface area is 85.4 Å². The lowest BCUT2D eigenvalue weighted by Crippen LogP contribution is -2.07. The topological polar surface area (TPSA) is 81.2 Å². The number of benzene rings is 1. The molecule has 0 aliphatic carbocycles. The van der Waals surface area contributed by atoms with Crippen molar-refractivity contribution in [2.24, 2.45) is 5.84 Å². The largest absolute Gasteiger partial charge is 0.323 e. The van der Waals surface area contributed by atoms with E-state index in [1.807, 2.05) is 0 Å². The van der Waals surface area contributed by atoms with E-state index >= 15 is 0 Å². The van der Waals surface area contributed by atoms with Gasteiger partial charge in [0.15, 0.2) is 0 Å². The molecule has 0 saturated heterocycles. The van der Waals surface area contributed by atoms with Crippen molar-refractivity contribution in [1.29, 1.82) is 0 Å². The average molecular weight is 224 g/mol. The number of halogens is 2. The fourth-order valence-electron chi connectivity index (χ4n) is 0.735. The second kappa shape index (κ2) is 4.86. The Kier molecular flexibility index (Phi) is 4.47. The summed E-state index contributed by atoms with van der Waals surface area (Å²) in [6.45, 7) is 0. The zero-order valence-corrected chi connectivity index (χ0v) is 7.93. The lowest BCUT2D eigenvalue weighted by molar-refractivity contribution is -0.384. The molecular weight excluding hydrogens is 217 g/mol. The van der Waals surface area contributed by atoms with Crippen LogP contribution in [0.2, 0.25) is 5.02 Å². The molecule has 1 aromatic rings. The Hall–Kier alpha value is -1.04. The Balaban J connectivity index is 0.00000144. The van der Waals surface area contributed by atoms with E-state index in [-0.39, 0.29) is 23.1 Å². The van der Waals surface area contributed by atoms with Crippen molar-refractivity contribution in [2.75, 3.05) is 5.43 Å².